The zero-order valence-electron chi connectivity index (χ0n) is 15.2. The first-order valence-electron chi connectivity index (χ1n) is 8.69. The number of carbonyl (C=O) groups excluding carboxylic acids is 1. The summed E-state index contributed by atoms with van der Waals surface area (Å²) >= 11 is 12.6. The molecule has 8 heteroatoms. The number of carbonyl (C=O) groups is 1. The van der Waals surface area contributed by atoms with E-state index < -0.39 is 0 Å². The molecule has 2 aromatic heterocycles. The van der Waals surface area contributed by atoms with Crippen molar-refractivity contribution in [3.8, 4) is 0 Å². The van der Waals surface area contributed by atoms with E-state index >= 15 is 0 Å². The summed E-state index contributed by atoms with van der Waals surface area (Å²) in [5.74, 6) is 0.742. The number of aryl methyl sites for hydroxylation is 3. The molecule has 1 aromatic carbocycles. The summed E-state index contributed by atoms with van der Waals surface area (Å²) in [6.45, 7) is 5.48. The second-order valence-corrected chi connectivity index (χ2v) is 7.04. The molecule has 2 heterocycles. The van der Waals surface area contributed by atoms with E-state index in [-0.39, 0.29) is 5.91 Å². The largest absolute Gasteiger partial charge is 0.352 e. The Morgan fingerprint density at radius 2 is 2.00 bits per heavy atom. The molecule has 0 radical (unpaired) electrons. The van der Waals surface area contributed by atoms with Crippen LogP contribution in [0.15, 0.2) is 36.7 Å². The molecule has 142 valence electrons. The van der Waals surface area contributed by atoms with E-state index in [0.29, 0.717) is 34.5 Å². The molecule has 3 rings (SSSR count). The number of halogens is 2. The van der Waals surface area contributed by atoms with Gasteiger partial charge in [-0.2, -0.15) is 5.10 Å². The van der Waals surface area contributed by atoms with Gasteiger partial charge in [-0.25, -0.2) is 9.67 Å². The Morgan fingerprint density at radius 1 is 1.22 bits per heavy atom. The number of aromatic nitrogens is 4. The van der Waals surface area contributed by atoms with Crippen LogP contribution in [0.5, 0.6) is 0 Å². The molecule has 1 N–H and O–H groups in total. The van der Waals surface area contributed by atoms with Gasteiger partial charge in [0.05, 0.1) is 17.8 Å². The minimum Gasteiger partial charge on any atom is -0.352 e. The van der Waals surface area contributed by atoms with E-state index in [2.05, 4.69) is 15.4 Å². The topological polar surface area (TPSA) is 64.7 Å². The van der Waals surface area contributed by atoms with Gasteiger partial charge in [-0.1, -0.05) is 41.4 Å². The predicted molar refractivity (Wildman–Crippen MR) is 106 cm³/mol. The summed E-state index contributed by atoms with van der Waals surface area (Å²) in [4.78, 5) is 16.7. The SMILES string of the molecule is Cc1nn(Cc2ccccc2Cl)c(Cl)c1C(=O)NCCCn1ccnc1C. The molecule has 6 nitrogen and oxygen atoms in total. The molecule has 0 aliphatic heterocycles. The van der Waals surface area contributed by atoms with Gasteiger partial charge in [0.2, 0.25) is 0 Å². The van der Waals surface area contributed by atoms with Gasteiger partial charge in [0.1, 0.15) is 11.0 Å². The maximum atomic E-state index is 12.6. The van der Waals surface area contributed by atoms with Gasteiger partial charge in [0.15, 0.2) is 0 Å². The Bertz CT molecular complexity index is 947. The Balaban J connectivity index is 1.62. The Hall–Kier alpha value is -2.31. The number of hydrogen-bond donors (Lipinski definition) is 1. The fourth-order valence-electron chi connectivity index (χ4n) is 2.88. The minimum absolute atomic E-state index is 0.217. The van der Waals surface area contributed by atoms with E-state index in [0.717, 1.165) is 24.4 Å². The van der Waals surface area contributed by atoms with Crippen molar-refractivity contribution in [2.24, 2.45) is 0 Å². The van der Waals surface area contributed by atoms with E-state index in [1.165, 1.54) is 0 Å². The van der Waals surface area contributed by atoms with E-state index in [4.69, 9.17) is 23.2 Å². The number of nitrogens with one attached hydrogen (secondary N) is 1. The predicted octanol–water partition coefficient (Wildman–Crippen LogP) is 3.87. The summed E-state index contributed by atoms with van der Waals surface area (Å²) in [5, 5.41) is 8.27. The van der Waals surface area contributed by atoms with Crippen LogP contribution in [0.25, 0.3) is 0 Å². The molecule has 1 amide bonds. The van der Waals surface area contributed by atoms with Gasteiger partial charge in [-0.15, -0.1) is 0 Å². The third-order valence-electron chi connectivity index (χ3n) is 4.36. The minimum atomic E-state index is -0.217. The highest BCUT2D eigenvalue weighted by Crippen LogP contribution is 2.23. The molecule has 3 aromatic rings. The lowest BCUT2D eigenvalue weighted by Gasteiger charge is -2.08. The lowest BCUT2D eigenvalue weighted by Crippen LogP contribution is -2.26. The van der Waals surface area contributed by atoms with Crippen LogP contribution in [0.1, 0.15) is 33.9 Å². The fraction of sp³-hybridized carbons (Fsp3) is 0.316. The molecule has 0 saturated carbocycles. The number of nitrogens with zero attached hydrogens (tertiary/aromatic N) is 4. The molecule has 0 aliphatic rings. The molecule has 0 saturated heterocycles. The van der Waals surface area contributed by atoms with Crippen LogP contribution >= 0.6 is 23.2 Å². The third kappa shape index (κ3) is 4.51. The van der Waals surface area contributed by atoms with Gasteiger partial charge >= 0.3 is 0 Å². The molecule has 27 heavy (non-hydrogen) atoms. The van der Waals surface area contributed by atoms with Crippen LogP contribution in [0.2, 0.25) is 10.2 Å². The van der Waals surface area contributed by atoms with Crippen LogP contribution < -0.4 is 5.32 Å². The first-order valence-corrected chi connectivity index (χ1v) is 9.45. The molecular formula is C19H21Cl2N5O. The number of amides is 1. The monoisotopic (exact) mass is 405 g/mol. The third-order valence-corrected chi connectivity index (χ3v) is 5.11. The maximum Gasteiger partial charge on any atom is 0.256 e. The van der Waals surface area contributed by atoms with E-state index in [1.807, 2.05) is 42.0 Å². The van der Waals surface area contributed by atoms with Gasteiger partial charge in [-0.3, -0.25) is 4.79 Å². The Labute approximate surface area is 168 Å². The van der Waals surface area contributed by atoms with Gasteiger partial charge < -0.3 is 9.88 Å². The second kappa shape index (κ2) is 8.59. The summed E-state index contributed by atoms with van der Waals surface area (Å²) < 4.78 is 3.65. The Kier molecular flexibility index (Phi) is 6.19. The molecule has 0 aliphatic carbocycles. The molecule has 0 bridgehead atoms. The Morgan fingerprint density at radius 3 is 2.70 bits per heavy atom. The van der Waals surface area contributed by atoms with Crippen molar-refractivity contribution in [2.75, 3.05) is 6.54 Å². The highest BCUT2D eigenvalue weighted by Gasteiger charge is 2.20. The molecule has 0 atom stereocenters. The van der Waals surface area contributed by atoms with Crippen LogP contribution in [0.3, 0.4) is 0 Å². The van der Waals surface area contributed by atoms with Crippen molar-refractivity contribution in [2.45, 2.75) is 33.4 Å². The molecule has 0 fully saturated rings. The first kappa shape index (κ1) is 19.5. The van der Waals surface area contributed by atoms with Crippen molar-refractivity contribution < 1.29 is 4.79 Å². The van der Waals surface area contributed by atoms with Crippen LogP contribution in [0, 0.1) is 13.8 Å². The quantitative estimate of drug-likeness (QED) is 0.606. The van der Waals surface area contributed by atoms with Crippen molar-refractivity contribution in [3.63, 3.8) is 0 Å². The van der Waals surface area contributed by atoms with Crippen LogP contribution in [-0.4, -0.2) is 31.8 Å². The standard InChI is InChI=1S/C19H21Cl2N5O/c1-13-17(19(27)23-8-5-10-25-11-9-22-14(25)2)18(21)26(24-13)12-15-6-3-4-7-16(15)20/h3-4,6-7,9,11H,5,8,10,12H2,1-2H3,(H,23,27). The van der Waals surface area contributed by atoms with E-state index in [1.54, 1.807) is 17.8 Å². The lowest BCUT2D eigenvalue weighted by atomic mass is 10.2. The summed E-state index contributed by atoms with van der Waals surface area (Å²) in [6.07, 6.45) is 4.49. The van der Waals surface area contributed by atoms with Crippen molar-refractivity contribution >= 4 is 29.1 Å². The zero-order valence-corrected chi connectivity index (χ0v) is 16.8. The summed E-state index contributed by atoms with van der Waals surface area (Å²) in [7, 11) is 0. The number of rotatable bonds is 7. The number of hydrogen-bond acceptors (Lipinski definition) is 3. The van der Waals surface area contributed by atoms with Crippen molar-refractivity contribution in [3.05, 3.63) is 69.5 Å². The zero-order chi connectivity index (χ0) is 19.4. The van der Waals surface area contributed by atoms with Crippen LogP contribution in [0.4, 0.5) is 0 Å². The molecular weight excluding hydrogens is 385 g/mol. The lowest BCUT2D eigenvalue weighted by molar-refractivity contribution is 0.0952. The van der Waals surface area contributed by atoms with Crippen molar-refractivity contribution in [1.29, 1.82) is 0 Å². The summed E-state index contributed by atoms with van der Waals surface area (Å²) in [5.41, 5.74) is 1.89. The summed E-state index contributed by atoms with van der Waals surface area (Å²) in [6, 6.07) is 7.50. The number of benzene rings is 1. The first-order chi connectivity index (χ1) is 13.0. The van der Waals surface area contributed by atoms with Crippen LogP contribution in [-0.2, 0) is 13.1 Å². The van der Waals surface area contributed by atoms with E-state index in [9.17, 15) is 4.79 Å². The maximum absolute atomic E-state index is 12.6. The average Bonchev–Trinajstić information content (AvgIpc) is 3.16. The molecule has 0 spiro atoms. The van der Waals surface area contributed by atoms with Gasteiger partial charge in [0, 0.05) is 30.5 Å². The second-order valence-electron chi connectivity index (χ2n) is 6.28. The van der Waals surface area contributed by atoms with Crippen molar-refractivity contribution in [1.82, 2.24) is 24.6 Å². The van der Waals surface area contributed by atoms with Gasteiger partial charge in [-0.05, 0) is 31.9 Å². The smallest absolute Gasteiger partial charge is 0.256 e. The van der Waals surface area contributed by atoms with Gasteiger partial charge in [0.25, 0.3) is 5.91 Å². The normalized spacial score (nSPS) is 11.0. The highest BCUT2D eigenvalue weighted by molar-refractivity contribution is 6.33. The highest BCUT2D eigenvalue weighted by atomic mass is 35.5. The number of imidazole rings is 1. The fourth-order valence-corrected chi connectivity index (χ4v) is 3.40. The average molecular weight is 406 g/mol. The molecule has 0 unspecified atom stereocenters.